The van der Waals surface area contributed by atoms with Crippen LogP contribution in [0.4, 0.5) is 5.95 Å². The molecule has 4 N–H and O–H groups in total. The number of hydrogen-bond donors (Lipinski definition) is 3. The molecule has 0 saturated heterocycles. The fourth-order valence-corrected chi connectivity index (χ4v) is 1.35. The van der Waals surface area contributed by atoms with Crippen molar-refractivity contribution in [3.05, 3.63) is 35.7 Å². The van der Waals surface area contributed by atoms with Crippen LogP contribution in [0.1, 0.15) is 11.3 Å². The predicted molar refractivity (Wildman–Crippen MR) is 64.1 cm³/mol. The van der Waals surface area contributed by atoms with Crippen molar-refractivity contribution in [2.24, 2.45) is 5.10 Å². The van der Waals surface area contributed by atoms with E-state index >= 15 is 0 Å². The van der Waals surface area contributed by atoms with Crippen LogP contribution in [0.5, 0.6) is 11.5 Å². The number of nitrogens with zero attached hydrogens (tertiary/aromatic N) is 3. The highest BCUT2D eigenvalue weighted by atomic mass is 16.3. The first kappa shape index (κ1) is 11.0. The molecule has 0 radical (unpaired) electrons. The van der Waals surface area contributed by atoms with Crippen LogP contribution >= 0.6 is 0 Å². The molecule has 88 valence electrons. The van der Waals surface area contributed by atoms with Crippen molar-refractivity contribution in [2.75, 3.05) is 5.73 Å². The maximum atomic E-state index is 9.30. The number of benzene rings is 1. The van der Waals surface area contributed by atoms with Gasteiger partial charge >= 0.3 is 0 Å². The Hall–Kier alpha value is -2.50. The maximum absolute atomic E-state index is 9.30. The third-order valence-corrected chi connectivity index (χ3v) is 2.17. The number of anilines is 1. The summed E-state index contributed by atoms with van der Waals surface area (Å²) in [5.41, 5.74) is 7.02. The number of phenols is 2. The topological polar surface area (TPSA) is 96.7 Å². The van der Waals surface area contributed by atoms with Gasteiger partial charge < -0.3 is 15.9 Å². The lowest BCUT2D eigenvalue weighted by atomic mass is 10.2. The zero-order valence-corrected chi connectivity index (χ0v) is 9.20. The largest absolute Gasteiger partial charge is 0.504 e. The second-order valence-corrected chi connectivity index (χ2v) is 3.58. The molecule has 0 aliphatic heterocycles. The molecule has 17 heavy (non-hydrogen) atoms. The third kappa shape index (κ3) is 2.36. The lowest BCUT2D eigenvalue weighted by Gasteiger charge is -1.98. The van der Waals surface area contributed by atoms with E-state index in [0.29, 0.717) is 11.5 Å². The molecule has 0 aliphatic rings. The Kier molecular flexibility index (Phi) is 2.70. The van der Waals surface area contributed by atoms with E-state index in [1.54, 1.807) is 12.3 Å². The van der Waals surface area contributed by atoms with Gasteiger partial charge in [0.05, 0.1) is 18.1 Å². The van der Waals surface area contributed by atoms with E-state index in [0.717, 1.165) is 5.69 Å². The van der Waals surface area contributed by atoms with E-state index in [-0.39, 0.29) is 11.5 Å². The summed E-state index contributed by atoms with van der Waals surface area (Å²) in [7, 11) is 0. The molecule has 0 saturated carbocycles. The molecule has 0 spiro atoms. The smallest absolute Gasteiger partial charge is 0.221 e. The van der Waals surface area contributed by atoms with Gasteiger partial charge in [-0.15, -0.1) is 0 Å². The monoisotopic (exact) mass is 232 g/mol. The number of hydrogen-bond acceptors (Lipinski definition) is 5. The van der Waals surface area contributed by atoms with Crippen molar-refractivity contribution in [3.8, 4) is 11.5 Å². The Labute approximate surface area is 97.7 Å². The van der Waals surface area contributed by atoms with Crippen molar-refractivity contribution in [1.82, 2.24) is 9.66 Å². The SMILES string of the molecule is Cc1cn(N=Cc2ccc(O)c(O)c2)c(N)n1. The van der Waals surface area contributed by atoms with Crippen molar-refractivity contribution >= 4 is 12.2 Å². The highest BCUT2D eigenvalue weighted by Gasteiger charge is 2.00. The van der Waals surface area contributed by atoms with Gasteiger partial charge in [-0.25, -0.2) is 9.66 Å². The van der Waals surface area contributed by atoms with Crippen LogP contribution in [0.2, 0.25) is 0 Å². The summed E-state index contributed by atoms with van der Waals surface area (Å²) < 4.78 is 1.43. The standard InChI is InChI=1S/C11H12N4O2/c1-7-6-15(11(12)14-7)13-5-8-2-3-9(16)10(17)4-8/h2-6,16-17H,1H3,(H2,12,14). The Bertz CT molecular complexity index is 575. The minimum absolute atomic E-state index is 0.167. The molecule has 0 aliphatic carbocycles. The number of phenolic OH excluding ortho intramolecular Hbond substituents is 2. The third-order valence-electron chi connectivity index (χ3n) is 2.17. The molecule has 2 aromatic rings. The zero-order chi connectivity index (χ0) is 12.4. The van der Waals surface area contributed by atoms with Gasteiger partial charge in [0.25, 0.3) is 0 Å². The fraction of sp³-hybridized carbons (Fsp3) is 0.0909. The van der Waals surface area contributed by atoms with Gasteiger partial charge in [-0.05, 0) is 30.7 Å². The van der Waals surface area contributed by atoms with Crippen molar-refractivity contribution in [1.29, 1.82) is 0 Å². The van der Waals surface area contributed by atoms with E-state index in [1.165, 1.54) is 23.0 Å². The van der Waals surface area contributed by atoms with Crippen LogP contribution in [0.15, 0.2) is 29.5 Å². The Balaban J connectivity index is 2.26. The average molecular weight is 232 g/mol. The molecule has 6 nitrogen and oxygen atoms in total. The van der Waals surface area contributed by atoms with Crippen LogP contribution < -0.4 is 5.73 Å². The van der Waals surface area contributed by atoms with E-state index < -0.39 is 0 Å². The molecule has 1 aromatic heterocycles. The number of imidazole rings is 1. The van der Waals surface area contributed by atoms with Crippen molar-refractivity contribution in [2.45, 2.75) is 6.92 Å². The molecule has 0 bridgehead atoms. The van der Waals surface area contributed by atoms with Gasteiger partial charge in [0.1, 0.15) is 0 Å². The molecular weight excluding hydrogens is 220 g/mol. The number of aromatic nitrogens is 2. The molecule has 0 amide bonds. The van der Waals surface area contributed by atoms with Crippen LogP contribution in [-0.2, 0) is 0 Å². The highest BCUT2D eigenvalue weighted by Crippen LogP contribution is 2.24. The molecular formula is C11H12N4O2. The molecule has 0 unspecified atom stereocenters. The minimum atomic E-state index is -0.191. The van der Waals surface area contributed by atoms with Crippen LogP contribution in [-0.4, -0.2) is 26.1 Å². The summed E-state index contributed by atoms with van der Waals surface area (Å²) in [6.07, 6.45) is 3.20. The summed E-state index contributed by atoms with van der Waals surface area (Å²) >= 11 is 0. The molecule has 0 fully saturated rings. The van der Waals surface area contributed by atoms with E-state index in [9.17, 15) is 5.11 Å². The second-order valence-electron chi connectivity index (χ2n) is 3.58. The maximum Gasteiger partial charge on any atom is 0.221 e. The first-order valence-electron chi connectivity index (χ1n) is 4.94. The molecule has 1 aromatic carbocycles. The highest BCUT2D eigenvalue weighted by molar-refractivity contribution is 5.80. The van der Waals surface area contributed by atoms with Gasteiger partial charge in [-0.3, -0.25) is 0 Å². The van der Waals surface area contributed by atoms with Gasteiger partial charge in [-0.1, -0.05) is 0 Å². The van der Waals surface area contributed by atoms with Gasteiger partial charge in [-0.2, -0.15) is 5.10 Å². The van der Waals surface area contributed by atoms with Gasteiger partial charge in [0, 0.05) is 0 Å². The first-order valence-corrected chi connectivity index (χ1v) is 4.94. The van der Waals surface area contributed by atoms with Gasteiger partial charge in [0.15, 0.2) is 11.5 Å². The lowest BCUT2D eigenvalue weighted by Crippen LogP contribution is -1.96. The molecule has 6 heteroatoms. The number of nitrogens with two attached hydrogens (primary N) is 1. The minimum Gasteiger partial charge on any atom is -0.504 e. The Morgan fingerprint density at radius 3 is 2.71 bits per heavy atom. The van der Waals surface area contributed by atoms with E-state index in [4.69, 9.17) is 10.8 Å². The number of nitrogen functional groups attached to an aromatic ring is 1. The zero-order valence-electron chi connectivity index (χ0n) is 9.20. The molecule has 2 rings (SSSR count). The van der Waals surface area contributed by atoms with E-state index in [2.05, 4.69) is 10.1 Å². The summed E-state index contributed by atoms with van der Waals surface area (Å²) in [5, 5.41) is 22.5. The molecule has 0 atom stereocenters. The first-order chi connectivity index (χ1) is 8.06. The van der Waals surface area contributed by atoms with Crippen molar-refractivity contribution in [3.63, 3.8) is 0 Å². The quantitative estimate of drug-likeness (QED) is 0.533. The van der Waals surface area contributed by atoms with Crippen LogP contribution in [0.25, 0.3) is 0 Å². The fourth-order valence-electron chi connectivity index (χ4n) is 1.35. The number of aryl methyl sites for hydroxylation is 1. The molecule has 1 heterocycles. The Morgan fingerprint density at radius 2 is 2.12 bits per heavy atom. The van der Waals surface area contributed by atoms with Gasteiger partial charge in [0.2, 0.25) is 5.95 Å². The average Bonchev–Trinajstić information content (AvgIpc) is 2.59. The number of rotatable bonds is 2. The van der Waals surface area contributed by atoms with Crippen molar-refractivity contribution < 1.29 is 10.2 Å². The Morgan fingerprint density at radius 1 is 1.35 bits per heavy atom. The summed E-state index contributed by atoms with van der Waals surface area (Å²) in [5.74, 6) is -0.0642. The predicted octanol–water partition coefficient (Wildman–Crippen LogP) is 1.07. The van der Waals surface area contributed by atoms with Crippen LogP contribution in [0, 0.1) is 6.92 Å². The summed E-state index contributed by atoms with van der Waals surface area (Å²) in [4.78, 5) is 3.99. The lowest BCUT2D eigenvalue weighted by molar-refractivity contribution is 0.403. The van der Waals surface area contributed by atoms with E-state index in [1.807, 2.05) is 6.92 Å². The van der Waals surface area contributed by atoms with Crippen LogP contribution in [0.3, 0.4) is 0 Å². The normalized spacial score (nSPS) is 11.1. The number of aromatic hydroxyl groups is 2. The summed E-state index contributed by atoms with van der Waals surface area (Å²) in [6.45, 7) is 1.81. The second kappa shape index (κ2) is 4.17. The summed E-state index contributed by atoms with van der Waals surface area (Å²) in [6, 6.07) is 4.41.